The Kier molecular flexibility index (Phi) is 9.77. The molecule has 6 rings (SSSR count). The number of hydrogen-bond acceptors (Lipinski definition) is 9. The predicted octanol–water partition coefficient (Wildman–Crippen LogP) is 6.30. The number of ether oxygens (including phenoxy) is 4. The van der Waals surface area contributed by atoms with E-state index in [-0.39, 0.29) is 35.5 Å². The zero-order chi connectivity index (χ0) is 33.2. The number of imidazole rings is 1. The number of benzene rings is 2. The standard InChI is InChI=1S/C35H43ClN6O5/c1-20-10-24(11-21(2)47-20)25-12-22(13-26(37)14-25)18-46-30-9-8-28(30)39-35(43)42-19-38-33-29(16-32(36)40-34(33)42)41(3)17-23-6-7-27(44-4)15-31(23)45-5/h6-7,12-16,19-21,24,28,30H,8-11,17-18,37H2,1-5H3,(H,39,43)/t20-,21+,24?,28-,30-/m1/s1. The number of nitrogens with two attached hydrogens (primary N) is 1. The van der Waals surface area contributed by atoms with Gasteiger partial charge < -0.3 is 34.9 Å². The molecule has 3 N–H and O–H groups in total. The lowest BCUT2D eigenvalue weighted by atomic mass is 9.85. The Morgan fingerprint density at radius 1 is 1.11 bits per heavy atom. The molecule has 47 heavy (non-hydrogen) atoms. The van der Waals surface area contributed by atoms with Crippen molar-refractivity contribution in [3.63, 3.8) is 0 Å². The molecule has 1 saturated heterocycles. The molecule has 2 aromatic carbocycles. The summed E-state index contributed by atoms with van der Waals surface area (Å²) in [5.74, 6) is 1.82. The fourth-order valence-corrected chi connectivity index (χ4v) is 6.90. The molecule has 250 valence electrons. The largest absolute Gasteiger partial charge is 0.497 e. The number of nitrogens with zero attached hydrogens (tertiary/aromatic N) is 4. The van der Waals surface area contributed by atoms with Crippen molar-refractivity contribution in [1.29, 1.82) is 0 Å². The third-order valence-corrected chi connectivity index (χ3v) is 9.37. The minimum atomic E-state index is -0.333. The van der Waals surface area contributed by atoms with Crippen molar-refractivity contribution in [1.82, 2.24) is 19.9 Å². The lowest BCUT2D eigenvalue weighted by Gasteiger charge is -2.37. The summed E-state index contributed by atoms with van der Waals surface area (Å²) in [5, 5.41) is 3.37. The summed E-state index contributed by atoms with van der Waals surface area (Å²) >= 11 is 6.47. The number of nitrogen functional groups attached to an aromatic ring is 1. The van der Waals surface area contributed by atoms with Crippen LogP contribution >= 0.6 is 11.6 Å². The van der Waals surface area contributed by atoms with Crippen molar-refractivity contribution in [2.45, 2.75) is 83.0 Å². The van der Waals surface area contributed by atoms with Gasteiger partial charge in [0.2, 0.25) is 0 Å². The monoisotopic (exact) mass is 662 g/mol. The Bertz CT molecular complexity index is 1740. The Hall–Kier alpha value is -4.06. The molecular formula is C35H43ClN6O5. The van der Waals surface area contributed by atoms with Gasteiger partial charge in [0.1, 0.15) is 28.5 Å². The van der Waals surface area contributed by atoms with Crippen molar-refractivity contribution < 1.29 is 23.7 Å². The maximum absolute atomic E-state index is 13.5. The van der Waals surface area contributed by atoms with Crippen molar-refractivity contribution in [3.05, 3.63) is 70.6 Å². The summed E-state index contributed by atoms with van der Waals surface area (Å²) in [5.41, 5.74) is 11.9. The van der Waals surface area contributed by atoms with E-state index in [1.165, 1.54) is 16.5 Å². The van der Waals surface area contributed by atoms with Crippen molar-refractivity contribution >= 4 is 40.2 Å². The second-order valence-electron chi connectivity index (χ2n) is 12.7. The van der Waals surface area contributed by atoms with E-state index in [1.807, 2.05) is 36.2 Å². The molecule has 0 bridgehead atoms. The minimum Gasteiger partial charge on any atom is -0.497 e. The van der Waals surface area contributed by atoms with Crippen LogP contribution in [0, 0.1) is 0 Å². The number of nitrogens with one attached hydrogen (secondary N) is 1. The highest BCUT2D eigenvalue weighted by molar-refractivity contribution is 6.30. The number of amides is 1. The van der Waals surface area contributed by atoms with Crippen LogP contribution in [0.5, 0.6) is 11.5 Å². The van der Waals surface area contributed by atoms with Crippen LogP contribution in [0.4, 0.5) is 16.2 Å². The Morgan fingerprint density at radius 3 is 2.60 bits per heavy atom. The first kappa shape index (κ1) is 32.9. The van der Waals surface area contributed by atoms with Gasteiger partial charge in [-0.25, -0.2) is 19.3 Å². The average Bonchev–Trinajstić information content (AvgIpc) is 3.46. The molecule has 5 atom stereocenters. The molecular weight excluding hydrogens is 620 g/mol. The van der Waals surface area contributed by atoms with Gasteiger partial charge in [0.05, 0.1) is 50.9 Å². The number of fused-ring (bicyclic) bond motifs is 1. The SMILES string of the molecule is COc1ccc(CN(C)c2cc(Cl)nc3c2ncn3C(=O)N[C@@H]2CC[C@H]2OCc2cc(N)cc(C3C[C@@H](C)O[C@@H](C)C3)c2)c(OC)c1. The van der Waals surface area contributed by atoms with E-state index in [0.29, 0.717) is 41.7 Å². The van der Waals surface area contributed by atoms with Crippen LogP contribution in [-0.4, -0.2) is 66.2 Å². The molecule has 2 aliphatic rings. The topological polar surface area (TPSA) is 126 Å². The minimum absolute atomic E-state index is 0.112. The Balaban J connectivity index is 1.11. The highest BCUT2D eigenvalue weighted by atomic mass is 35.5. The number of halogens is 1. The van der Waals surface area contributed by atoms with E-state index < -0.39 is 0 Å². The van der Waals surface area contributed by atoms with Gasteiger partial charge in [-0.3, -0.25) is 0 Å². The highest BCUT2D eigenvalue weighted by Crippen LogP contribution is 2.35. The van der Waals surface area contributed by atoms with Crippen LogP contribution < -0.4 is 25.4 Å². The first-order chi connectivity index (χ1) is 22.6. The number of carbonyl (C=O) groups excluding carboxylic acids is 1. The number of methoxy groups -OCH3 is 2. The molecule has 1 aliphatic heterocycles. The van der Waals surface area contributed by atoms with Crippen LogP contribution in [-0.2, 0) is 22.6 Å². The van der Waals surface area contributed by atoms with Crippen LogP contribution in [0.15, 0.2) is 48.8 Å². The van der Waals surface area contributed by atoms with Crippen LogP contribution in [0.1, 0.15) is 62.1 Å². The fourth-order valence-electron chi connectivity index (χ4n) is 6.71. The molecule has 0 radical (unpaired) electrons. The number of anilines is 2. The second kappa shape index (κ2) is 14.0. The molecule has 11 nitrogen and oxygen atoms in total. The third kappa shape index (κ3) is 7.27. The highest BCUT2D eigenvalue weighted by Gasteiger charge is 2.34. The van der Waals surface area contributed by atoms with Gasteiger partial charge in [0.15, 0.2) is 5.65 Å². The maximum atomic E-state index is 13.5. The van der Waals surface area contributed by atoms with Crippen molar-refractivity contribution in [2.24, 2.45) is 0 Å². The van der Waals surface area contributed by atoms with Crippen molar-refractivity contribution in [2.75, 3.05) is 31.9 Å². The van der Waals surface area contributed by atoms with Gasteiger partial charge in [-0.05, 0) is 80.8 Å². The smallest absolute Gasteiger partial charge is 0.328 e. The molecule has 12 heteroatoms. The van der Waals surface area contributed by atoms with E-state index in [0.717, 1.165) is 48.2 Å². The molecule has 4 aromatic rings. The van der Waals surface area contributed by atoms with Gasteiger partial charge in [-0.1, -0.05) is 17.7 Å². The molecule has 0 spiro atoms. The maximum Gasteiger partial charge on any atom is 0.328 e. The summed E-state index contributed by atoms with van der Waals surface area (Å²) in [6.07, 6.45) is 5.43. The van der Waals surface area contributed by atoms with Gasteiger partial charge in [0.25, 0.3) is 0 Å². The zero-order valence-electron chi connectivity index (χ0n) is 27.5. The summed E-state index contributed by atoms with van der Waals surface area (Å²) in [6, 6.07) is 13.2. The lowest BCUT2D eigenvalue weighted by molar-refractivity contribution is -0.0382. The summed E-state index contributed by atoms with van der Waals surface area (Å²) < 4.78 is 24.5. The van der Waals surface area contributed by atoms with E-state index in [1.54, 1.807) is 20.3 Å². The van der Waals surface area contributed by atoms with E-state index in [2.05, 4.69) is 41.3 Å². The van der Waals surface area contributed by atoms with Crippen LogP contribution in [0.2, 0.25) is 5.15 Å². The first-order valence-corrected chi connectivity index (χ1v) is 16.4. The van der Waals surface area contributed by atoms with Crippen LogP contribution in [0.25, 0.3) is 11.2 Å². The normalized spacial score (nSPS) is 22.5. The number of rotatable bonds is 10. The van der Waals surface area contributed by atoms with Gasteiger partial charge >= 0.3 is 6.03 Å². The summed E-state index contributed by atoms with van der Waals surface area (Å²) in [7, 11) is 5.17. The van der Waals surface area contributed by atoms with Gasteiger partial charge in [0, 0.05) is 37.0 Å². The average molecular weight is 663 g/mol. The second-order valence-corrected chi connectivity index (χ2v) is 13.1. The Labute approximate surface area is 280 Å². The quantitative estimate of drug-likeness (QED) is 0.149. The number of carbonyl (C=O) groups is 1. The van der Waals surface area contributed by atoms with Gasteiger partial charge in [-0.2, -0.15) is 0 Å². The molecule has 2 fully saturated rings. The van der Waals surface area contributed by atoms with Crippen LogP contribution in [0.3, 0.4) is 0 Å². The number of aromatic nitrogens is 3. The Morgan fingerprint density at radius 2 is 1.89 bits per heavy atom. The van der Waals surface area contributed by atoms with E-state index in [4.69, 9.17) is 36.3 Å². The number of hydrogen-bond donors (Lipinski definition) is 2. The molecule has 2 aromatic heterocycles. The summed E-state index contributed by atoms with van der Waals surface area (Å²) in [4.78, 5) is 24.5. The molecule has 3 heterocycles. The van der Waals surface area contributed by atoms with Gasteiger partial charge in [-0.15, -0.1) is 0 Å². The van der Waals surface area contributed by atoms with E-state index >= 15 is 0 Å². The summed E-state index contributed by atoms with van der Waals surface area (Å²) in [6.45, 7) is 5.18. The zero-order valence-corrected chi connectivity index (χ0v) is 28.3. The van der Waals surface area contributed by atoms with E-state index in [9.17, 15) is 4.79 Å². The third-order valence-electron chi connectivity index (χ3n) is 9.18. The lowest BCUT2D eigenvalue weighted by Crippen LogP contribution is -2.52. The number of pyridine rings is 1. The van der Waals surface area contributed by atoms with Crippen molar-refractivity contribution in [3.8, 4) is 11.5 Å². The fraction of sp³-hybridized carbons (Fsp3) is 0.457. The predicted molar refractivity (Wildman–Crippen MR) is 183 cm³/mol. The molecule has 1 saturated carbocycles. The first-order valence-electron chi connectivity index (χ1n) is 16.0. The molecule has 1 unspecified atom stereocenters. The molecule has 1 amide bonds. The molecule has 1 aliphatic carbocycles.